The third-order valence-electron chi connectivity index (χ3n) is 4.30. The van der Waals surface area contributed by atoms with Crippen molar-refractivity contribution in [1.82, 2.24) is 10.7 Å². The molecule has 2 aromatic carbocycles. The summed E-state index contributed by atoms with van der Waals surface area (Å²) in [6, 6.07) is 11.6. The second-order valence-corrected chi connectivity index (χ2v) is 7.92. The summed E-state index contributed by atoms with van der Waals surface area (Å²) in [4.78, 5) is 35.7. The number of ether oxygens (including phenoxy) is 3. The van der Waals surface area contributed by atoms with Gasteiger partial charge in [0.2, 0.25) is 0 Å². The second-order valence-electron chi connectivity index (χ2n) is 7.49. The summed E-state index contributed by atoms with van der Waals surface area (Å²) >= 11 is 5.91. The van der Waals surface area contributed by atoms with Crippen molar-refractivity contribution in [1.29, 1.82) is 0 Å². The summed E-state index contributed by atoms with van der Waals surface area (Å²) in [5.74, 6) is -1.34. The number of halogens is 1. The Balaban J connectivity index is 1.81. The standard InChI is InChI=1S/C24H29ClN4O6/c1-16(2)34-11-5-10-26-23(31)24(32)29-27-14-17-8-9-20(21(12-17)33-3)35-15-22(30)28-19-7-4-6-18(25)13-19/h4,6-9,12-14,16H,5,10-11,15H2,1-3H3,(H,26,31)(H,28,30)(H,29,32)/b27-14-. The van der Waals surface area contributed by atoms with Crippen LogP contribution in [0.15, 0.2) is 47.6 Å². The molecule has 0 aliphatic rings. The van der Waals surface area contributed by atoms with Crippen LogP contribution in [0.4, 0.5) is 5.69 Å². The number of amides is 3. The number of carbonyl (C=O) groups excluding carboxylic acids is 3. The summed E-state index contributed by atoms with van der Waals surface area (Å²) in [6.07, 6.45) is 2.05. The zero-order valence-corrected chi connectivity index (χ0v) is 20.6. The lowest BCUT2D eigenvalue weighted by Crippen LogP contribution is -2.38. The van der Waals surface area contributed by atoms with Gasteiger partial charge in [0.1, 0.15) is 0 Å². The van der Waals surface area contributed by atoms with E-state index in [2.05, 4.69) is 21.2 Å². The molecule has 188 valence electrons. The van der Waals surface area contributed by atoms with Gasteiger partial charge in [-0.05, 0) is 62.2 Å². The first-order chi connectivity index (χ1) is 16.8. The van der Waals surface area contributed by atoms with Crippen LogP contribution in [-0.4, -0.2) is 56.9 Å². The molecule has 2 rings (SSSR count). The second kappa shape index (κ2) is 14.6. The van der Waals surface area contributed by atoms with Gasteiger partial charge >= 0.3 is 11.8 Å². The van der Waals surface area contributed by atoms with Crippen LogP contribution >= 0.6 is 11.6 Å². The Morgan fingerprint density at radius 1 is 1.09 bits per heavy atom. The number of anilines is 1. The smallest absolute Gasteiger partial charge is 0.329 e. The van der Waals surface area contributed by atoms with Gasteiger partial charge in [-0.2, -0.15) is 5.10 Å². The fourth-order valence-electron chi connectivity index (χ4n) is 2.68. The minimum atomic E-state index is -0.885. The molecule has 0 atom stereocenters. The number of benzene rings is 2. The maximum absolute atomic E-state index is 12.1. The third kappa shape index (κ3) is 10.4. The maximum atomic E-state index is 12.1. The van der Waals surface area contributed by atoms with Crippen LogP contribution < -0.4 is 25.5 Å². The summed E-state index contributed by atoms with van der Waals surface area (Å²) in [5.41, 5.74) is 3.29. The first-order valence-electron chi connectivity index (χ1n) is 10.9. The highest BCUT2D eigenvalue weighted by Gasteiger charge is 2.12. The molecule has 0 spiro atoms. The molecule has 0 bridgehead atoms. The number of nitrogens with one attached hydrogen (secondary N) is 3. The first kappa shape index (κ1) is 27.6. The Morgan fingerprint density at radius 2 is 1.89 bits per heavy atom. The van der Waals surface area contributed by atoms with Crippen LogP contribution in [0.25, 0.3) is 0 Å². The Bertz CT molecular complexity index is 1040. The van der Waals surface area contributed by atoms with E-state index in [4.69, 9.17) is 25.8 Å². The molecular weight excluding hydrogens is 476 g/mol. The molecular formula is C24H29ClN4O6. The molecule has 11 heteroatoms. The molecule has 0 aromatic heterocycles. The van der Waals surface area contributed by atoms with Crippen LogP contribution in [0, 0.1) is 0 Å². The van der Waals surface area contributed by atoms with E-state index in [1.165, 1.54) is 13.3 Å². The van der Waals surface area contributed by atoms with E-state index >= 15 is 0 Å². The topological polar surface area (TPSA) is 127 Å². The van der Waals surface area contributed by atoms with Crippen LogP contribution in [-0.2, 0) is 19.1 Å². The van der Waals surface area contributed by atoms with Crippen LogP contribution in [0.5, 0.6) is 11.5 Å². The molecule has 3 N–H and O–H groups in total. The molecule has 0 saturated carbocycles. The average molecular weight is 505 g/mol. The lowest BCUT2D eigenvalue weighted by atomic mass is 10.2. The molecule has 10 nitrogen and oxygen atoms in total. The molecule has 35 heavy (non-hydrogen) atoms. The van der Waals surface area contributed by atoms with Gasteiger partial charge in [-0.3, -0.25) is 14.4 Å². The lowest BCUT2D eigenvalue weighted by molar-refractivity contribution is -0.139. The summed E-state index contributed by atoms with van der Waals surface area (Å²) < 4.78 is 16.2. The van der Waals surface area contributed by atoms with Gasteiger partial charge in [-0.25, -0.2) is 5.43 Å². The molecule has 0 aliphatic heterocycles. The summed E-state index contributed by atoms with van der Waals surface area (Å²) in [5, 5.41) is 9.46. The van der Waals surface area contributed by atoms with Crippen molar-refractivity contribution in [2.45, 2.75) is 26.4 Å². The molecule has 0 fully saturated rings. The van der Waals surface area contributed by atoms with Gasteiger partial charge < -0.3 is 24.8 Å². The highest BCUT2D eigenvalue weighted by atomic mass is 35.5. The van der Waals surface area contributed by atoms with Gasteiger partial charge in [-0.1, -0.05) is 17.7 Å². The first-order valence-corrected chi connectivity index (χ1v) is 11.3. The van der Waals surface area contributed by atoms with Crippen molar-refractivity contribution in [3.05, 3.63) is 53.1 Å². The normalized spacial score (nSPS) is 10.8. The van der Waals surface area contributed by atoms with E-state index in [1.54, 1.807) is 42.5 Å². The van der Waals surface area contributed by atoms with Crippen molar-refractivity contribution in [2.75, 3.05) is 32.2 Å². The summed E-state index contributed by atoms with van der Waals surface area (Å²) in [7, 11) is 1.45. The largest absolute Gasteiger partial charge is 0.493 e. The van der Waals surface area contributed by atoms with Gasteiger partial charge in [0.15, 0.2) is 18.1 Å². The molecule has 2 aromatic rings. The summed E-state index contributed by atoms with van der Waals surface area (Å²) in [6.45, 7) is 4.40. The third-order valence-corrected chi connectivity index (χ3v) is 4.53. The monoisotopic (exact) mass is 504 g/mol. The maximum Gasteiger partial charge on any atom is 0.329 e. The van der Waals surface area contributed by atoms with E-state index in [9.17, 15) is 14.4 Å². The molecule has 0 radical (unpaired) electrons. The van der Waals surface area contributed by atoms with Crippen molar-refractivity contribution >= 4 is 41.2 Å². The zero-order chi connectivity index (χ0) is 25.6. The van der Waals surface area contributed by atoms with E-state index in [0.29, 0.717) is 47.3 Å². The quantitative estimate of drug-likeness (QED) is 0.176. The van der Waals surface area contributed by atoms with E-state index in [1.807, 2.05) is 13.8 Å². The fraction of sp³-hybridized carbons (Fsp3) is 0.333. The van der Waals surface area contributed by atoms with Crippen LogP contribution in [0.3, 0.4) is 0 Å². The highest BCUT2D eigenvalue weighted by molar-refractivity contribution is 6.35. The van der Waals surface area contributed by atoms with Gasteiger partial charge in [0, 0.05) is 23.9 Å². The zero-order valence-electron chi connectivity index (χ0n) is 19.8. The predicted molar refractivity (Wildman–Crippen MR) is 133 cm³/mol. The number of nitrogens with zero attached hydrogens (tertiary/aromatic N) is 1. The minimum Gasteiger partial charge on any atom is -0.493 e. The molecule has 0 unspecified atom stereocenters. The van der Waals surface area contributed by atoms with Gasteiger partial charge in [0.05, 0.1) is 19.4 Å². The van der Waals surface area contributed by atoms with Gasteiger partial charge in [-0.15, -0.1) is 0 Å². The highest BCUT2D eigenvalue weighted by Crippen LogP contribution is 2.27. The number of hydrogen-bond donors (Lipinski definition) is 3. The van der Waals surface area contributed by atoms with Crippen molar-refractivity contribution < 1.29 is 28.6 Å². The van der Waals surface area contributed by atoms with E-state index < -0.39 is 11.8 Å². The van der Waals surface area contributed by atoms with Crippen LogP contribution in [0.1, 0.15) is 25.8 Å². The van der Waals surface area contributed by atoms with Gasteiger partial charge in [0.25, 0.3) is 5.91 Å². The number of rotatable bonds is 12. The molecule has 0 heterocycles. The lowest BCUT2D eigenvalue weighted by Gasteiger charge is -2.11. The predicted octanol–water partition coefficient (Wildman–Crippen LogP) is 2.75. The van der Waals surface area contributed by atoms with Crippen molar-refractivity contribution in [3.63, 3.8) is 0 Å². The number of carbonyl (C=O) groups is 3. The van der Waals surface area contributed by atoms with Crippen LogP contribution in [0.2, 0.25) is 5.02 Å². The number of methoxy groups -OCH3 is 1. The Labute approximate surface area is 209 Å². The Hall–Kier alpha value is -3.63. The fourth-order valence-corrected chi connectivity index (χ4v) is 2.87. The Morgan fingerprint density at radius 3 is 2.60 bits per heavy atom. The van der Waals surface area contributed by atoms with E-state index in [0.717, 1.165) is 0 Å². The van der Waals surface area contributed by atoms with Crippen molar-refractivity contribution in [2.24, 2.45) is 5.10 Å². The molecule has 0 saturated heterocycles. The minimum absolute atomic E-state index is 0.113. The molecule has 0 aliphatic carbocycles. The van der Waals surface area contributed by atoms with Crippen molar-refractivity contribution in [3.8, 4) is 11.5 Å². The number of hydrogen-bond acceptors (Lipinski definition) is 7. The SMILES string of the molecule is COc1cc(/C=N\NC(=O)C(=O)NCCCOC(C)C)ccc1OCC(=O)Nc1cccc(Cl)c1. The molecule has 3 amide bonds. The Kier molecular flexibility index (Phi) is 11.5. The van der Waals surface area contributed by atoms with E-state index in [-0.39, 0.29) is 18.6 Å². The average Bonchev–Trinajstić information content (AvgIpc) is 2.82. The number of hydrazone groups is 1.